The highest BCUT2D eigenvalue weighted by atomic mass is 33.1. The van der Waals surface area contributed by atoms with Crippen LogP contribution in [0.3, 0.4) is 0 Å². The molecule has 0 spiro atoms. The molecule has 0 aromatic heterocycles. The molecule has 0 unspecified atom stereocenters. The highest BCUT2D eigenvalue weighted by Gasteiger charge is 2.38. The summed E-state index contributed by atoms with van der Waals surface area (Å²) in [7, 11) is 3.44. The number of rotatable bonds is 6. The lowest BCUT2D eigenvalue weighted by Crippen LogP contribution is -2.36. The first-order valence-corrected chi connectivity index (χ1v) is 10.7. The lowest BCUT2D eigenvalue weighted by molar-refractivity contribution is -0.142. The Hall–Kier alpha value is -1.66. The van der Waals surface area contributed by atoms with Gasteiger partial charge >= 0.3 is 11.9 Å². The van der Waals surface area contributed by atoms with Gasteiger partial charge in [0.1, 0.15) is 13.2 Å². The predicted octanol–water partition coefficient (Wildman–Crippen LogP) is 4.04. The number of ether oxygens (including phenoxy) is 2. The Kier molecular flexibility index (Phi) is 6.26. The van der Waals surface area contributed by atoms with E-state index in [9.17, 15) is 9.59 Å². The van der Waals surface area contributed by atoms with Gasteiger partial charge in [0, 0.05) is 11.5 Å². The maximum Gasteiger partial charge on any atom is 0.338 e. The van der Waals surface area contributed by atoms with Gasteiger partial charge in [0.2, 0.25) is 0 Å². The van der Waals surface area contributed by atoms with Gasteiger partial charge < -0.3 is 9.47 Å². The fraction of sp³-hybridized carbons (Fsp3) is 0.368. The molecule has 1 aromatic rings. The van der Waals surface area contributed by atoms with Gasteiger partial charge in [-0.3, -0.25) is 0 Å². The van der Waals surface area contributed by atoms with Gasteiger partial charge in [0.15, 0.2) is 0 Å². The number of hydrogen-bond acceptors (Lipinski definition) is 6. The van der Waals surface area contributed by atoms with Crippen LogP contribution in [0.5, 0.6) is 0 Å². The Balaban J connectivity index is 1.56. The third kappa shape index (κ3) is 4.92. The average molecular weight is 376 g/mol. The van der Waals surface area contributed by atoms with Gasteiger partial charge in [-0.1, -0.05) is 58.0 Å². The van der Waals surface area contributed by atoms with Gasteiger partial charge in [-0.15, -0.1) is 0 Å². The second-order valence-electron chi connectivity index (χ2n) is 6.18. The summed E-state index contributed by atoms with van der Waals surface area (Å²) in [4.78, 5) is 24.4. The predicted molar refractivity (Wildman–Crippen MR) is 101 cm³/mol. The van der Waals surface area contributed by atoms with Crippen LogP contribution in [0.15, 0.2) is 54.1 Å². The topological polar surface area (TPSA) is 52.6 Å². The summed E-state index contributed by atoms with van der Waals surface area (Å²) in [6.07, 6.45) is 7.53. The fourth-order valence-corrected chi connectivity index (χ4v) is 5.86. The van der Waals surface area contributed by atoms with Crippen molar-refractivity contribution in [1.29, 1.82) is 0 Å². The van der Waals surface area contributed by atoms with E-state index in [0.29, 0.717) is 11.1 Å². The van der Waals surface area contributed by atoms with Gasteiger partial charge in [0.25, 0.3) is 0 Å². The normalized spacial score (nSPS) is 18.5. The Bertz CT molecular complexity index is 676. The van der Waals surface area contributed by atoms with Crippen LogP contribution in [0.4, 0.5) is 0 Å². The first-order chi connectivity index (χ1) is 12.2. The highest BCUT2D eigenvalue weighted by molar-refractivity contribution is 8.77. The van der Waals surface area contributed by atoms with Crippen molar-refractivity contribution < 1.29 is 19.1 Å². The molecule has 1 saturated heterocycles. The molecule has 1 aromatic carbocycles. The van der Waals surface area contributed by atoms with E-state index >= 15 is 0 Å². The summed E-state index contributed by atoms with van der Waals surface area (Å²) in [5.74, 6) is 0.946. The minimum Gasteiger partial charge on any atom is -0.461 e. The van der Waals surface area contributed by atoms with Crippen molar-refractivity contribution in [3.05, 3.63) is 59.7 Å². The number of carbonyl (C=O) groups is 2. The van der Waals surface area contributed by atoms with E-state index in [2.05, 4.69) is 0 Å². The van der Waals surface area contributed by atoms with E-state index in [4.69, 9.17) is 9.47 Å². The van der Waals surface area contributed by atoms with Crippen LogP contribution in [0, 0.1) is 5.41 Å². The minimum absolute atomic E-state index is 0.253. The Morgan fingerprint density at radius 3 is 2.28 bits per heavy atom. The molecule has 1 fully saturated rings. The van der Waals surface area contributed by atoms with E-state index in [1.807, 2.05) is 24.3 Å². The number of esters is 2. The summed E-state index contributed by atoms with van der Waals surface area (Å²) in [5, 5.41) is 0. The Morgan fingerprint density at radius 1 is 0.960 bits per heavy atom. The van der Waals surface area contributed by atoms with Crippen molar-refractivity contribution >= 4 is 33.5 Å². The molecule has 0 radical (unpaired) electrons. The quantitative estimate of drug-likeness (QED) is 0.552. The van der Waals surface area contributed by atoms with Crippen molar-refractivity contribution in [3.8, 4) is 0 Å². The van der Waals surface area contributed by atoms with Crippen molar-refractivity contribution in [2.24, 2.45) is 5.41 Å². The largest absolute Gasteiger partial charge is 0.461 e. The third-order valence-electron chi connectivity index (χ3n) is 4.07. The van der Waals surface area contributed by atoms with Crippen molar-refractivity contribution in [3.63, 3.8) is 0 Å². The Morgan fingerprint density at radius 2 is 1.64 bits per heavy atom. The van der Waals surface area contributed by atoms with Gasteiger partial charge in [-0.25, -0.2) is 9.59 Å². The molecule has 3 rings (SSSR count). The van der Waals surface area contributed by atoms with Crippen molar-refractivity contribution in [2.45, 2.75) is 12.8 Å². The van der Waals surface area contributed by atoms with E-state index in [1.165, 1.54) is 0 Å². The molecule has 0 atom stereocenters. The number of allylic oxidation sites excluding steroid dienone is 2. The van der Waals surface area contributed by atoms with Crippen LogP contribution < -0.4 is 0 Å². The minimum atomic E-state index is -0.342. The lowest BCUT2D eigenvalue weighted by atomic mass is 9.95. The maximum absolute atomic E-state index is 12.2. The number of benzene rings is 1. The van der Waals surface area contributed by atoms with Crippen LogP contribution in [0.25, 0.3) is 0 Å². The lowest BCUT2D eigenvalue weighted by Gasteiger charge is -2.26. The van der Waals surface area contributed by atoms with Crippen LogP contribution in [-0.4, -0.2) is 36.7 Å². The summed E-state index contributed by atoms with van der Waals surface area (Å²) >= 11 is 0. The average Bonchev–Trinajstić information content (AvgIpc) is 3.15. The molecule has 132 valence electrons. The van der Waals surface area contributed by atoms with Crippen LogP contribution in [0.1, 0.15) is 23.2 Å². The number of hydrogen-bond donors (Lipinski definition) is 0. The smallest absolute Gasteiger partial charge is 0.338 e. The van der Waals surface area contributed by atoms with E-state index in [-0.39, 0.29) is 30.6 Å². The molecular formula is C19H20O4S2. The van der Waals surface area contributed by atoms with E-state index in [0.717, 1.165) is 24.3 Å². The molecule has 1 aliphatic heterocycles. The van der Waals surface area contributed by atoms with Gasteiger partial charge in [0.05, 0.1) is 16.6 Å². The zero-order valence-electron chi connectivity index (χ0n) is 13.8. The van der Waals surface area contributed by atoms with Crippen LogP contribution in [-0.2, 0) is 14.3 Å². The summed E-state index contributed by atoms with van der Waals surface area (Å²) in [6.45, 7) is 0.516. The molecule has 1 heterocycles. The summed E-state index contributed by atoms with van der Waals surface area (Å²) < 4.78 is 11.0. The summed E-state index contributed by atoms with van der Waals surface area (Å²) in [6, 6.07) is 8.93. The molecule has 6 heteroatoms. The van der Waals surface area contributed by atoms with Gasteiger partial charge in [-0.2, -0.15) is 0 Å². The van der Waals surface area contributed by atoms with E-state index in [1.54, 1.807) is 45.9 Å². The van der Waals surface area contributed by atoms with Crippen LogP contribution in [0.2, 0.25) is 0 Å². The second kappa shape index (κ2) is 8.63. The molecule has 4 nitrogen and oxygen atoms in total. The molecule has 1 aliphatic carbocycles. The standard InChI is InChI=1S/C19H20O4S2/c20-17(15-7-3-1-4-8-15)22-11-19(13-24-25-14-19)12-23-18(21)16-9-5-2-6-10-16/h1,3-5,7-10H,2,6,11-14H2. The van der Waals surface area contributed by atoms with Crippen molar-refractivity contribution in [1.82, 2.24) is 0 Å². The highest BCUT2D eigenvalue weighted by Crippen LogP contribution is 2.43. The number of carbonyl (C=O) groups excluding carboxylic acids is 2. The maximum atomic E-state index is 12.2. The first-order valence-electron chi connectivity index (χ1n) is 8.19. The Labute approximate surface area is 155 Å². The molecule has 0 amide bonds. The molecule has 2 aliphatic rings. The third-order valence-corrected chi connectivity index (χ3v) is 6.91. The van der Waals surface area contributed by atoms with E-state index < -0.39 is 0 Å². The monoisotopic (exact) mass is 376 g/mol. The molecule has 0 bridgehead atoms. The SMILES string of the molecule is O=C(OCC1(COC(=O)c2ccccc2)CSSC1)C1=CCCC=C1. The second-order valence-corrected chi connectivity index (χ2v) is 8.64. The van der Waals surface area contributed by atoms with Crippen LogP contribution >= 0.6 is 21.6 Å². The molecule has 0 N–H and O–H groups in total. The van der Waals surface area contributed by atoms with Crippen molar-refractivity contribution in [2.75, 3.05) is 24.7 Å². The summed E-state index contributed by atoms with van der Waals surface area (Å²) in [5.41, 5.74) is 0.820. The zero-order chi connectivity index (χ0) is 17.5. The fourth-order valence-electron chi connectivity index (χ4n) is 2.53. The molecule has 25 heavy (non-hydrogen) atoms. The zero-order valence-corrected chi connectivity index (χ0v) is 15.4. The molecular weight excluding hydrogens is 356 g/mol. The molecule has 0 saturated carbocycles. The first kappa shape index (κ1) is 18.1. The van der Waals surface area contributed by atoms with Gasteiger partial charge in [-0.05, 0) is 25.0 Å².